The molecule has 0 atom stereocenters. The van der Waals surface area contributed by atoms with Gasteiger partial charge in [0.05, 0.1) is 0 Å². The molecule has 2 heteroatoms. The van der Waals surface area contributed by atoms with Crippen molar-refractivity contribution in [2.45, 2.75) is 19.3 Å². The summed E-state index contributed by atoms with van der Waals surface area (Å²) in [4.78, 5) is 0. The maximum Gasteiger partial charge on any atom is 0.0111 e. The van der Waals surface area contributed by atoms with Crippen LogP contribution < -0.4 is 5.32 Å². The molecule has 0 aromatic carbocycles. The molecule has 0 aromatic rings. The minimum absolute atomic E-state index is 1.07. The Labute approximate surface area is 80.0 Å². The first-order chi connectivity index (χ1) is 5.93. The smallest absolute Gasteiger partial charge is 0.0111 e. The molecule has 0 saturated heterocycles. The van der Waals surface area contributed by atoms with Crippen molar-refractivity contribution < 1.29 is 0 Å². The van der Waals surface area contributed by atoms with Crippen molar-refractivity contribution in [3.63, 3.8) is 0 Å². The lowest BCUT2D eigenvalue weighted by atomic mass is 10.3. The van der Waals surface area contributed by atoms with Gasteiger partial charge >= 0.3 is 0 Å². The Morgan fingerprint density at radius 1 is 1.42 bits per heavy atom. The lowest BCUT2D eigenvalue weighted by molar-refractivity contribution is 0.633. The Hall–Kier alpha value is 0.0500. The number of hydrogen-bond acceptors (Lipinski definition) is 2. The molecule has 0 bridgehead atoms. The summed E-state index contributed by atoms with van der Waals surface area (Å²) in [6, 6.07) is 0. The fourth-order valence-electron chi connectivity index (χ4n) is 1.15. The van der Waals surface area contributed by atoms with Crippen LogP contribution in [0.2, 0.25) is 0 Å². The monoisotopic (exact) mass is 185 g/mol. The third-order valence-electron chi connectivity index (χ3n) is 2.09. The van der Waals surface area contributed by atoms with Gasteiger partial charge in [0.15, 0.2) is 0 Å². The van der Waals surface area contributed by atoms with E-state index in [4.69, 9.17) is 0 Å². The molecule has 1 aliphatic rings. The second-order valence-corrected chi connectivity index (χ2v) is 4.50. The van der Waals surface area contributed by atoms with E-state index in [0.717, 1.165) is 18.2 Å². The summed E-state index contributed by atoms with van der Waals surface area (Å²) in [6.45, 7) is 6.06. The van der Waals surface area contributed by atoms with Crippen LogP contribution in [0.3, 0.4) is 0 Å². The van der Waals surface area contributed by atoms with Gasteiger partial charge in [-0.2, -0.15) is 11.8 Å². The molecule has 0 radical (unpaired) electrons. The maximum atomic E-state index is 3.68. The van der Waals surface area contributed by atoms with Crippen LogP contribution in [0.1, 0.15) is 19.3 Å². The quantitative estimate of drug-likeness (QED) is 0.460. The summed E-state index contributed by atoms with van der Waals surface area (Å²) >= 11 is 1.95. The molecular formula is C10H19NS. The molecule has 1 saturated carbocycles. The molecule has 0 heterocycles. The Bertz CT molecular complexity index is 121. The fraction of sp³-hybridized carbons (Fsp3) is 0.800. The zero-order valence-corrected chi connectivity index (χ0v) is 8.54. The normalized spacial score (nSPS) is 16.3. The fourth-order valence-corrected chi connectivity index (χ4v) is 1.77. The summed E-state index contributed by atoms with van der Waals surface area (Å²) in [5, 5.41) is 3.46. The second kappa shape index (κ2) is 6.55. The van der Waals surface area contributed by atoms with Crippen molar-refractivity contribution in [2.75, 3.05) is 24.6 Å². The highest BCUT2D eigenvalue weighted by Gasteiger charge is 2.19. The minimum atomic E-state index is 1.07. The van der Waals surface area contributed by atoms with E-state index in [2.05, 4.69) is 11.9 Å². The van der Waals surface area contributed by atoms with Crippen LogP contribution in [0.25, 0.3) is 0 Å². The lowest BCUT2D eigenvalue weighted by Crippen LogP contribution is -2.18. The number of nitrogens with one attached hydrogen (secondary N) is 1. The third-order valence-corrected chi connectivity index (χ3v) is 3.05. The first-order valence-corrected chi connectivity index (χ1v) is 5.98. The van der Waals surface area contributed by atoms with Crippen LogP contribution in [-0.2, 0) is 0 Å². The van der Waals surface area contributed by atoms with E-state index >= 15 is 0 Å². The molecular weight excluding hydrogens is 166 g/mol. The summed E-state index contributed by atoms with van der Waals surface area (Å²) in [7, 11) is 0. The number of hydrogen-bond donors (Lipinski definition) is 1. The van der Waals surface area contributed by atoms with Crippen LogP contribution in [0, 0.1) is 5.92 Å². The van der Waals surface area contributed by atoms with Gasteiger partial charge in [-0.15, -0.1) is 6.58 Å². The van der Waals surface area contributed by atoms with Gasteiger partial charge in [0, 0.05) is 18.1 Å². The highest BCUT2D eigenvalue weighted by atomic mass is 32.2. The molecule has 0 spiro atoms. The molecule has 1 fully saturated rings. The Morgan fingerprint density at radius 3 is 2.92 bits per heavy atom. The zero-order valence-electron chi connectivity index (χ0n) is 7.72. The van der Waals surface area contributed by atoms with E-state index in [1.165, 1.54) is 31.6 Å². The molecule has 1 nitrogen and oxygen atoms in total. The first-order valence-electron chi connectivity index (χ1n) is 4.83. The van der Waals surface area contributed by atoms with Gasteiger partial charge in [-0.25, -0.2) is 0 Å². The van der Waals surface area contributed by atoms with E-state index in [1.807, 2.05) is 17.8 Å². The van der Waals surface area contributed by atoms with Gasteiger partial charge < -0.3 is 5.32 Å². The van der Waals surface area contributed by atoms with Gasteiger partial charge in [-0.05, 0) is 18.9 Å². The topological polar surface area (TPSA) is 12.0 Å². The van der Waals surface area contributed by atoms with Crippen LogP contribution in [0.5, 0.6) is 0 Å². The van der Waals surface area contributed by atoms with Crippen LogP contribution >= 0.6 is 11.8 Å². The van der Waals surface area contributed by atoms with Crippen molar-refractivity contribution in [3.8, 4) is 0 Å². The minimum Gasteiger partial charge on any atom is -0.316 e. The molecule has 1 rings (SSSR count). The average Bonchev–Trinajstić information content (AvgIpc) is 2.87. The van der Waals surface area contributed by atoms with Crippen molar-refractivity contribution in [3.05, 3.63) is 12.7 Å². The average molecular weight is 185 g/mol. The molecule has 70 valence electrons. The molecule has 0 amide bonds. The van der Waals surface area contributed by atoms with Gasteiger partial charge in [-0.1, -0.05) is 18.9 Å². The van der Waals surface area contributed by atoms with E-state index < -0.39 is 0 Å². The first kappa shape index (κ1) is 10.1. The maximum absolute atomic E-state index is 3.68. The zero-order chi connectivity index (χ0) is 8.65. The highest BCUT2D eigenvalue weighted by Crippen LogP contribution is 2.31. The van der Waals surface area contributed by atoms with Gasteiger partial charge in [0.1, 0.15) is 0 Å². The summed E-state index contributed by atoms with van der Waals surface area (Å²) < 4.78 is 0. The number of rotatable bonds is 8. The Balaban J connectivity index is 1.67. The van der Waals surface area contributed by atoms with Crippen LogP contribution in [0.15, 0.2) is 12.7 Å². The largest absolute Gasteiger partial charge is 0.316 e. The summed E-state index contributed by atoms with van der Waals surface area (Å²) in [5.74, 6) is 3.37. The highest BCUT2D eigenvalue weighted by molar-refractivity contribution is 7.99. The van der Waals surface area contributed by atoms with Crippen molar-refractivity contribution in [1.82, 2.24) is 5.32 Å². The molecule has 12 heavy (non-hydrogen) atoms. The SMILES string of the molecule is C=CCSCCNCCC1CC1. The van der Waals surface area contributed by atoms with Crippen molar-refractivity contribution >= 4 is 11.8 Å². The van der Waals surface area contributed by atoms with E-state index in [-0.39, 0.29) is 0 Å². The molecule has 0 aromatic heterocycles. The van der Waals surface area contributed by atoms with E-state index in [1.54, 1.807) is 0 Å². The predicted molar refractivity (Wildman–Crippen MR) is 57.7 cm³/mol. The molecule has 0 aliphatic heterocycles. The number of thioether (sulfide) groups is 1. The molecule has 0 unspecified atom stereocenters. The van der Waals surface area contributed by atoms with E-state index in [0.29, 0.717) is 0 Å². The Morgan fingerprint density at radius 2 is 2.25 bits per heavy atom. The Kier molecular flexibility index (Phi) is 5.53. The molecule has 1 aliphatic carbocycles. The van der Waals surface area contributed by atoms with E-state index in [9.17, 15) is 0 Å². The summed E-state index contributed by atoms with van der Waals surface area (Å²) in [6.07, 6.45) is 6.32. The standard InChI is InChI=1S/C10H19NS/c1-2-8-12-9-7-11-6-5-10-3-4-10/h2,10-11H,1,3-9H2. The van der Waals surface area contributed by atoms with Crippen LogP contribution in [0.4, 0.5) is 0 Å². The second-order valence-electron chi connectivity index (χ2n) is 3.35. The molecule has 1 N–H and O–H groups in total. The van der Waals surface area contributed by atoms with Crippen molar-refractivity contribution in [2.24, 2.45) is 5.92 Å². The lowest BCUT2D eigenvalue weighted by Gasteiger charge is -2.02. The van der Waals surface area contributed by atoms with Crippen molar-refractivity contribution in [1.29, 1.82) is 0 Å². The van der Waals surface area contributed by atoms with Gasteiger partial charge in [-0.3, -0.25) is 0 Å². The van der Waals surface area contributed by atoms with Gasteiger partial charge in [0.25, 0.3) is 0 Å². The predicted octanol–water partition coefficient (Wildman–Crippen LogP) is 2.30. The third kappa shape index (κ3) is 5.67. The van der Waals surface area contributed by atoms with Gasteiger partial charge in [0.2, 0.25) is 0 Å². The van der Waals surface area contributed by atoms with Crippen LogP contribution in [-0.4, -0.2) is 24.6 Å². The summed E-state index contributed by atoms with van der Waals surface area (Å²) in [5.41, 5.74) is 0.